The van der Waals surface area contributed by atoms with Gasteiger partial charge in [-0.1, -0.05) is 0 Å². The molecule has 1 rings (SSSR count). The largest absolute Gasteiger partial charge is 0.481 e. The normalized spacial score (nSPS) is 10.4. The first-order valence-electron chi connectivity index (χ1n) is 4.83. The van der Waals surface area contributed by atoms with Crippen LogP contribution in [0.25, 0.3) is 0 Å². The highest BCUT2D eigenvalue weighted by Crippen LogP contribution is 2.13. The summed E-state index contributed by atoms with van der Waals surface area (Å²) in [5.41, 5.74) is 0.336. The van der Waals surface area contributed by atoms with Crippen molar-refractivity contribution in [2.45, 2.75) is 12.8 Å². The molecule has 0 saturated heterocycles. The molecule has 0 aromatic heterocycles. The Morgan fingerprint density at radius 1 is 1.31 bits per heavy atom. The topological polar surface area (TPSA) is 37.3 Å². The molecule has 0 amide bonds. The van der Waals surface area contributed by atoms with Gasteiger partial charge >= 0.3 is 5.97 Å². The summed E-state index contributed by atoms with van der Waals surface area (Å²) < 4.78 is 25.9. The molecule has 1 N–H and O–H groups in total. The van der Waals surface area contributed by atoms with Crippen molar-refractivity contribution in [1.29, 1.82) is 0 Å². The number of benzene rings is 1. The Labute approximate surface area is 96.7 Å². The molecular formula is C11H12F2O2S. The second kappa shape index (κ2) is 6.48. The van der Waals surface area contributed by atoms with Gasteiger partial charge in [0, 0.05) is 5.75 Å². The third kappa shape index (κ3) is 4.61. The molecule has 0 aliphatic heterocycles. The third-order valence-corrected chi connectivity index (χ3v) is 2.97. The van der Waals surface area contributed by atoms with E-state index in [1.165, 1.54) is 17.8 Å². The lowest BCUT2D eigenvalue weighted by atomic mass is 10.1. The smallest absolute Gasteiger partial charge is 0.304 e. The Balaban J connectivity index is 2.31. The molecule has 0 heterocycles. The van der Waals surface area contributed by atoms with Crippen molar-refractivity contribution in [3.63, 3.8) is 0 Å². The summed E-state index contributed by atoms with van der Waals surface area (Å²) in [5.74, 6) is -0.628. The van der Waals surface area contributed by atoms with Crippen LogP contribution < -0.4 is 0 Å². The molecule has 0 aliphatic carbocycles. The maximum atomic E-state index is 13.1. The fourth-order valence-corrected chi connectivity index (χ4v) is 2.07. The fourth-order valence-electron chi connectivity index (χ4n) is 1.18. The summed E-state index contributed by atoms with van der Waals surface area (Å²) >= 11 is 1.42. The van der Waals surface area contributed by atoms with E-state index >= 15 is 0 Å². The second-order valence-electron chi connectivity index (χ2n) is 3.24. The van der Waals surface area contributed by atoms with Crippen LogP contribution in [0.3, 0.4) is 0 Å². The quantitative estimate of drug-likeness (QED) is 0.784. The lowest BCUT2D eigenvalue weighted by molar-refractivity contribution is -0.136. The summed E-state index contributed by atoms with van der Waals surface area (Å²) in [6, 6.07) is 3.36. The Kier molecular flexibility index (Phi) is 5.25. The van der Waals surface area contributed by atoms with E-state index in [0.717, 1.165) is 12.1 Å². The summed E-state index contributed by atoms with van der Waals surface area (Å²) in [5, 5.41) is 8.39. The van der Waals surface area contributed by atoms with Crippen LogP contribution in [0.4, 0.5) is 8.78 Å². The van der Waals surface area contributed by atoms with Gasteiger partial charge in [-0.2, -0.15) is 11.8 Å². The van der Waals surface area contributed by atoms with Crippen molar-refractivity contribution < 1.29 is 18.7 Å². The number of aryl methyl sites for hydroxylation is 1. The van der Waals surface area contributed by atoms with E-state index in [0.29, 0.717) is 23.5 Å². The zero-order valence-corrected chi connectivity index (χ0v) is 9.40. The minimum Gasteiger partial charge on any atom is -0.481 e. The SMILES string of the molecule is O=C(O)CCSCCc1cc(F)ccc1F. The number of halogens is 2. The molecular weight excluding hydrogens is 234 g/mol. The number of hydrogen-bond acceptors (Lipinski definition) is 2. The number of thioether (sulfide) groups is 1. The number of rotatable bonds is 6. The maximum absolute atomic E-state index is 13.1. The minimum atomic E-state index is -0.843. The first kappa shape index (κ1) is 13.0. The highest BCUT2D eigenvalue weighted by atomic mass is 32.2. The van der Waals surface area contributed by atoms with Crippen LogP contribution in [-0.4, -0.2) is 22.6 Å². The van der Waals surface area contributed by atoms with Crippen molar-refractivity contribution in [1.82, 2.24) is 0 Å². The Bertz CT molecular complexity index is 369. The molecule has 0 fully saturated rings. The molecule has 1 aromatic carbocycles. The molecule has 0 saturated carbocycles. The van der Waals surface area contributed by atoms with Crippen LogP contribution in [0.1, 0.15) is 12.0 Å². The molecule has 0 spiro atoms. The number of aliphatic carboxylic acids is 1. The van der Waals surface area contributed by atoms with Gasteiger partial charge in [0.25, 0.3) is 0 Å². The van der Waals surface area contributed by atoms with Gasteiger partial charge in [-0.15, -0.1) is 0 Å². The molecule has 0 atom stereocenters. The van der Waals surface area contributed by atoms with Crippen LogP contribution in [-0.2, 0) is 11.2 Å². The van der Waals surface area contributed by atoms with Gasteiger partial charge in [-0.05, 0) is 35.9 Å². The molecule has 5 heteroatoms. The number of hydrogen-bond donors (Lipinski definition) is 1. The second-order valence-corrected chi connectivity index (χ2v) is 4.47. The van der Waals surface area contributed by atoms with Crippen molar-refractivity contribution in [3.05, 3.63) is 35.4 Å². The van der Waals surface area contributed by atoms with Crippen molar-refractivity contribution >= 4 is 17.7 Å². The van der Waals surface area contributed by atoms with E-state index < -0.39 is 17.6 Å². The zero-order valence-electron chi connectivity index (χ0n) is 8.58. The van der Waals surface area contributed by atoms with Gasteiger partial charge in [-0.25, -0.2) is 8.78 Å². The van der Waals surface area contributed by atoms with Crippen LogP contribution >= 0.6 is 11.8 Å². The van der Waals surface area contributed by atoms with Crippen LogP contribution in [0, 0.1) is 11.6 Å². The average Bonchev–Trinajstić information content (AvgIpc) is 2.22. The highest BCUT2D eigenvalue weighted by molar-refractivity contribution is 7.99. The first-order chi connectivity index (χ1) is 7.59. The predicted molar refractivity (Wildman–Crippen MR) is 59.6 cm³/mol. The van der Waals surface area contributed by atoms with Gasteiger partial charge in [0.1, 0.15) is 11.6 Å². The summed E-state index contributed by atoms with van der Waals surface area (Å²) in [6.45, 7) is 0. The maximum Gasteiger partial charge on any atom is 0.304 e. The van der Waals surface area contributed by atoms with Crippen molar-refractivity contribution in [2.24, 2.45) is 0 Å². The van der Waals surface area contributed by atoms with Gasteiger partial charge in [-0.3, -0.25) is 4.79 Å². The highest BCUT2D eigenvalue weighted by Gasteiger charge is 2.04. The fraction of sp³-hybridized carbons (Fsp3) is 0.364. The number of carboxylic acid groups (broad SMARTS) is 1. The molecule has 88 valence electrons. The number of carboxylic acids is 1. The van der Waals surface area contributed by atoms with E-state index in [1.807, 2.05) is 0 Å². The van der Waals surface area contributed by atoms with Gasteiger partial charge < -0.3 is 5.11 Å². The predicted octanol–water partition coefficient (Wildman–Crippen LogP) is 2.72. The summed E-state index contributed by atoms with van der Waals surface area (Å²) in [7, 11) is 0. The molecule has 1 aromatic rings. The number of carbonyl (C=O) groups is 1. The van der Waals surface area contributed by atoms with E-state index in [1.54, 1.807) is 0 Å². The Hall–Kier alpha value is -1.10. The molecule has 2 nitrogen and oxygen atoms in total. The first-order valence-corrected chi connectivity index (χ1v) is 5.98. The lowest BCUT2D eigenvalue weighted by Crippen LogP contribution is -1.99. The molecule has 0 unspecified atom stereocenters. The molecule has 0 bridgehead atoms. The summed E-state index contributed by atoms with van der Waals surface area (Å²) in [4.78, 5) is 10.2. The molecule has 0 aliphatic rings. The van der Waals surface area contributed by atoms with Gasteiger partial charge in [0.15, 0.2) is 0 Å². The van der Waals surface area contributed by atoms with Crippen molar-refractivity contribution in [2.75, 3.05) is 11.5 Å². The average molecular weight is 246 g/mol. The Morgan fingerprint density at radius 3 is 2.75 bits per heavy atom. The Morgan fingerprint density at radius 2 is 2.06 bits per heavy atom. The molecule has 0 radical (unpaired) electrons. The summed E-state index contributed by atoms with van der Waals surface area (Å²) in [6.07, 6.45) is 0.504. The van der Waals surface area contributed by atoms with E-state index in [2.05, 4.69) is 0 Å². The van der Waals surface area contributed by atoms with Gasteiger partial charge in [0.05, 0.1) is 6.42 Å². The van der Waals surface area contributed by atoms with E-state index in [9.17, 15) is 13.6 Å². The third-order valence-electron chi connectivity index (χ3n) is 1.98. The van der Waals surface area contributed by atoms with Gasteiger partial charge in [0.2, 0.25) is 0 Å². The monoisotopic (exact) mass is 246 g/mol. The zero-order chi connectivity index (χ0) is 12.0. The standard InChI is InChI=1S/C11H12F2O2S/c12-9-1-2-10(13)8(7-9)3-5-16-6-4-11(14)15/h1-2,7H,3-6H2,(H,14,15). The van der Waals surface area contributed by atoms with E-state index in [4.69, 9.17) is 5.11 Å². The van der Waals surface area contributed by atoms with Crippen molar-refractivity contribution in [3.8, 4) is 0 Å². The van der Waals surface area contributed by atoms with Crippen LogP contribution in [0.2, 0.25) is 0 Å². The lowest BCUT2D eigenvalue weighted by Gasteiger charge is -2.03. The van der Waals surface area contributed by atoms with E-state index in [-0.39, 0.29) is 6.42 Å². The minimum absolute atomic E-state index is 0.0936. The molecule has 16 heavy (non-hydrogen) atoms. The van der Waals surface area contributed by atoms with Crippen LogP contribution in [0.15, 0.2) is 18.2 Å². The van der Waals surface area contributed by atoms with Crippen LogP contribution in [0.5, 0.6) is 0 Å².